The van der Waals surface area contributed by atoms with Gasteiger partial charge in [0.2, 0.25) is 0 Å². The van der Waals surface area contributed by atoms with Crippen LogP contribution in [-0.2, 0) is 15.1 Å². The minimum absolute atomic E-state index is 0.473. The lowest BCUT2D eigenvalue weighted by Gasteiger charge is -2.26. The van der Waals surface area contributed by atoms with E-state index in [1.807, 2.05) is 0 Å². The quantitative estimate of drug-likeness (QED) is 0.833. The molecule has 0 spiro atoms. The van der Waals surface area contributed by atoms with Gasteiger partial charge in [-0.1, -0.05) is 5.16 Å². The molecule has 0 aromatic carbocycles. The van der Waals surface area contributed by atoms with Crippen molar-refractivity contribution in [3.63, 3.8) is 0 Å². The Morgan fingerprint density at radius 3 is 2.44 bits per heavy atom. The average molecular weight is 254 g/mol. The van der Waals surface area contributed by atoms with Crippen LogP contribution in [0.1, 0.15) is 39.0 Å². The van der Waals surface area contributed by atoms with E-state index in [0.717, 1.165) is 0 Å². The van der Waals surface area contributed by atoms with E-state index < -0.39 is 17.2 Å². The predicted molar refractivity (Wildman–Crippen MR) is 64.0 cm³/mol. The largest absolute Gasteiger partial charge is 0.444 e. The zero-order valence-electron chi connectivity index (χ0n) is 11.2. The second-order valence-corrected chi connectivity index (χ2v) is 5.24. The second kappa shape index (κ2) is 4.80. The lowest BCUT2D eigenvalue weighted by Crippen LogP contribution is -2.47. The summed E-state index contributed by atoms with van der Waals surface area (Å²) in [5.74, 6) is 0.473. The first kappa shape index (κ1) is 14.2. The molecule has 18 heavy (non-hydrogen) atoms. The van der Waals surface area contributed by atoms with Crippen molar-refractivity contribution < 1.29 is 18.8 Å². The van der Waals surface area contributed by atoms with Crippen molar-refractivity contribution in [1.29, 1.82) is 0 Å². The highest BCUT2D eigenvalue weighted by Gasteiger charge is 2.33. The van der Waals surface area contributed by atoms with Gasteiger partial charge in [0.05, 0.1) is 6.20 Å². The van der Waals surface area contributed by atoms with Crippen LogP contribution in [-0.4, -0.2) is 23.1 Å². The van der Waals surface area contributed by atoms with Crippen LogP contribution >= 0.6 is 0 Å². The molecular formula is C12H18N2O4. The normalized spacial score (nSPS) is 14.7. The summed E-state index contributed by atoms with van der Waals surface area (Å²) in [6, 6.07) is 0. The van der Waals surface area contributed by atoms with Gasteiger partial charge in [-0.15, -0.1) is 0 Å². The maximum atomic E-state index is 11.7. The summed E-state index contributed by atoms with van der Waals surface area (Å²) in [6.45, 7) is 8.46. The monoisotopic (exact) mass is 254 g/mol. The van der Waals surface area contributed by atoms with Gasteiger partial charge in [-0.05, 0) is 34.6 Å². The molecule has 6 heteroatoms. The lowest BCUT2D eigenvalue weighted by molar-refractivity contribution is -0.113. The van der Waals surface area contributed by atoms with Crippen molar-refractivity contribution in [1.82, 2.24) is 10.5 Å². The maximum Gasteiger partial charge on any atom is 0.408 e. The summed E-state index contributed by atoms with van der Waals surface area (Å²) >= 11 is 0. The molecule has 0 radical (unpaired) electrons. The van der Waals surface area contributed by atoms with Crippen molar-refractivity contribution in [3.8, 4) is 0 Å². The van der Waals surface area contributed by atoms with Gasteiger partial charge in [-0.2, -0.15) is 0 Å². The Morgan fingerprint density at radius 2 is 2.06 bits per heavy atom. The fourth-order valence-electron chi connectivity index (χ4n) is 1.47. The molecule has 1 heterocycles. The van der Waals surface area contributed by atoms with Crippen LogP contribution in [0.2, 0.25) is 0 Å². The van der Waals surface area contributed by atoms with Crippen LogP contribution in [0.3, 0.4) is 0 Å². The van der Waals surface area contributed by atoms with Crippen molar-refractivity contribution in [2.75, 3.05) is 0 Å². The molecule has 100 valence electrons. The van der Waals surface area contributed by atoms with Gasteiger partial charge in [-0.3, -0.25) is 0 Å². The van der Waals surface area contributed by atoms with E-state index in [-0.39, 0.29) is 0 Å². The summed E-state index contributed by atoms with van der Waals surface area (Å²) in [7, 11) is 0. The maximum absolute atomic E-state index is 11.7. The van der Waals surface area contributed by atoms with Crippen molar-refractivity contribution in [3.05, 3.63) is 17.5 Å². The summed E-state index contributed by atoms with van der Waals surface area (Å²) < 4.78 is 10.0. The molecule has 0 saturated carbocycles. The summed E-state index contributed by atoms with van der Waals surface area (Å²) in [4.78, 5) is 22.9. The van der Waals surface area contributed by atoms with E-state index in [2.05, 4.69) is 10.5 Å². The minimum Gasteiger partial charge on any atom is -0.444 e. The molecule has 0 bridgehead atoms. The number of aromatic nitrogens is 1. The molecule has 1 aromatic heterocycles. The van der Waals surface area contributed by atoms with Gasteiger partial charge in [0.15, 0.2) is 0 Å². The number of aldehydes is 1. The molecule has 1 N–H and O–H groups in total. The lowest BCUT2D eigenvalue weighted by atomic mass is 9.95. The Labute approximate surface area is 106 Å². The Bertz CT molecular complexity index is 447. The zero-order chi connectivity index (χ0) is 14.0. The molecule has 1 atom stereocenters. The molecule has 1 rings (SSSR count). The van der Waals surface area contributed by atoms with Gasteiger partial charge < -0.3 is 19.4 Å². The van der Waals surface area contributed by atoms with Crippen LogP contribution in [0.5, 0.6) is 0 Å². The SMILES string of the molecule is Cc1oncc1C(C)(C=O)NC(=O)OC(C)(C)C. The molecular weight excluding hydrogens is 236 g/mol. The van der Waals surface area contributed by atoms with Crippen molar-refractivity contribution in [2.24, 2.45) is 0 Å². The number of hydrogen-bond acceptors (Lipinski definition) is 5. The standard InChI is InChI=1S/C12H18N2O4/c1-8-9(6-13-18-8)12(5,7-15)14-10(16)17-11(2,3)4/h6-7H,1-5H3,(H,14,16). The first-order valence-electron chi connectivity index (χ1n) is 5.57. The molecule has 1 aromatic rings. The van der Waals surface area contributed by atoms with Gasteiger partial charge in [0, 0.05) is 5.56 Å². The number of carbonyl (C=O) groups excluding carboxylic acids is 2. The van der Waals surface area contributed by atoms with E-state index >= 15 is 0 Å². The highest BCUT2D eigenvalue weighted by Crippen LogP contribution is 2.22. The second-order valence-electron chi connectivity index (χ2n) is 5.24. The van der Waals surface area contributed by atoms with Crippen molar-refractivity contribution in [2.45, 2.75) is 45.8 Å². The highest BCUT2D eigenvalue weighted by molar-refractivity contribution is 5.78. The first-order chi connectivity index (χ1) is 8.18. The third kappa shape index (κ3) is 3.32. The van der Waals surface area contributed by atoms with Gasteiger partial charge in [0.25, 0.3) is 0 Å². The molecule has 0 aliphatic heterocycles. The van der Waals surface area contributed by atoms with E-state index in [4.69, 9.17) is 9.26 Å². The third-order valence-corrected chi connectivity index (χ3v) is 2.31. The predicted octanol–water partition coefficient (Wildman–Crippen LogP) is 1.92. The number of hydrogen-bond donors (Lipinski definition) is 1. The van der Waals surface area contributed by atoms with E-state index in [0.29, 0.717) is 17.6 Å². The van der Waals surface area contributed by atoms with Crippen LogP contribution in [0, 0.1) is 6.92 Å². The molecule has 0 aliphatic carbocycles. The van der Waals surface area contributed by atoms with Gasteiger partial charge in [-0.25, -0.2) is 4.79 Å². The van der Waals surface area contributed by atoms with Crippen LogP contribution in [0.4, 0.5) is 4.79 Å². The number of nitrogens with zero attached hydrogens (tertiary/aromatic N) is 1. The van der Waals surface area contributed by atoms with Crippen molar-refractivity contribution >= 4 is 12.4 Å². The summed E-state index contributed by atoms with van der Waals surface area (Å²) in [5.41, 5.74) is -1.34. The third-order valence-electron chi connectivity index (χ3n) is 2.31. The fraction of sp³-hybridized carbons (Fsp3) is 0.583. The molecule has 6 nitrogen and oxygen atoms in total. The van der Waals surface area contributed by atoms with Gasteiger partial charge in [0.1, 0.15) is 23.2 Å². The number of alkyl carbamates (subject to hydrolysis) is 1. The van der Waals surface area contributed by atoms with Crippen LogP contribution < -0.4 is 5.32 Å². The van der Waals surface area contributed by atoms with Crippen LogP contribution in [0.25, 0.3) is 0 Å². The number of ether oxygens (including phenoxy) is 1. The first-order valence-corrected chi connectivity index (χ1v) is 5.57. The Kier molecular flexibility index (Phi) is 3.79. The highest BCUT2D eigenvalue weighted by atomic mass is 16.6. The molecule has 0 fully saturated rings. The van der Waals surface area contributed by atoms with E-state index in [1.165, 1.54) is 6.20 Å². The fourth-order valence-corrected chi connectivity index (χ4v) is 1.47. The number of rotatable bonds is 3. The Morgan fingerprint density at radius 1 is 1.44 bits per heavy atom. The average Bonchev–Trinajstić information content (AvgIpc) is 2.61. The molecule has 0 saturated heterocycles. The minimum atomic E-state index is -1.22. The summed E-state index contributed by atoms with van der Waals surface area (Å²) in [6.07, 6.45) is 1.36. The zero-order valence-corrected chi connectivity index (χ0v) is 11.2. The Balaban J connectivity index is 2.88. The number of nitrogens with one attached hydrogen (secondary N) is 1. The topological polar surface area (TPSA) is 81.4 Å². The summed E-state index contributed by atoms with van der Waals surface area (Å²) in [5, 5.41) is 6.11. The number of amides is 1. The molecule has 1 amide bonds. The number of aryl methyl sites for hydroxylation is 1. The molecule has 0 aliphatic rings. The van der Waals surface area contributed by atoms with E-state index in [1.54, 1.807) is 34.6 Å². The molecule has 1 unspecified atom stereocenters. The van der Waals surface area contributed by atoms with Crippen LogP contribution in [0.15, 0.2) is 10.7 Å². The van der Waals surface area contributed by atoms with Gasteiger partial charge >= 0.3 is 6.09 Å². The van der Waals surface area contributed by atoms with E-state index in [9.17, 15) is 9.59 Å². The number of carbonyl (C=O) groups is 2. The Hall–Kier alpha value is -1.85. The smallest absolute Gasteiger partial charge is 0.408 e.